The number of carbonyl (C=O) groups excluding carboxylic acids is 1. The zero-order valence-electron chi connectivity index (χ0n) is 15.3. The van der Waals surface area contributed by atoms with E-state index in [2.05, 4.69) is 5.32 Å². The molecule has 1 aromatic heterocycles. The maximum atomic E-state index is 14.4. The first kappa shape index (κ1) is 20.0. The molecule has 0 aliphatic heterocycles. The van der Waals surface area contributed by atoms with E-state index < -0.39 is 28.3 Å². The quantitative estimate of drug-likeness (QED) is 0.648. The van der Waals surface area contributed by atoms with Crippen molar-refractivity contribution in [1.29, 1.82) is 0 Å². The second-order valence-corrected chi connectivity index (χ2v) is 9.36. The number of nitrogens with zero attached hydrogens (tertiary/aromatic N) is 1. The van der Waals surface area contributed by atoms with Crippen LogP contribution in [-0.4, -0.2) is 20.9 Å². The van der Waals surface area contributed by atoms with Gasteiger partial charge in [0, 0.05) is 5.69 Å². The van der Waals surface area contributed by atoms with Gasteiger partial charge in [-0.05, 0) is 60.7 Å². The molecule has 0 aliphatic carbocycles. The predicted molar refractivity (Wildman–Crippen MR) is 110 cm³/mol. The smallest absolute Gasteiger partial charge is 0.274 e. The Balaban J connectivity index is 1.94. The van der Waals surface area contributed by atoms with Crippen LogP contribution in [0.1, 0.15) is 11.1 Å². The Morgan fingerprint density at radius 3 is 2.36 bits per heavy atom. The number of rotatable bonds is 6. The van der Waals surface area contributed by atoms with Crippen LogP contribution in [-0.2, 0) is 14.8 Å². The van der Waals surface area contributed by atoms with Gasteiger partial charge in [0.1, 0.15) is 16.6 Å². The van der Waals surface area contributed by atoms with Crippen LogP contribution < -0.4 is 9.62 Å². The number of para-hydroxylation sites is 1. The van der Waals surface area contributed by atoms with E-state index in [-0.39, 0.29) is 9.90 Å². The molecule has 0 bridgehead atoms. The summed E-state index contributed by atoms with van der Waals surface area (Å²) in [5.41, 5.74) is 2.32. The lowest BCUT2D eigenvalue weighted by Crippen LogP contribution is -2.38. The third kappa shape index (κ3) is 4.40. The van der Waals surface area contributed by atoms with Crippen LogP contribution in [0.2, 0.25) is 0 Å². The lowest BCUT2D eigenvalue weighted by Gasteiger charge is -2.23. The summed E-state index contributed by atoms with van der Waals surface area (Å²) in [5, 5.41) is 4.31. The number of hydrogen-bond donors (Lipinski definition) is 1. The Bertz CT molecular complexity index is 1080. The van der Waals surface area contributed by atoms with E-state index in [9.17, 15) is 17.6 Å². The van der Waals surface area contributed by atoms with E-state index in [1.54, 1.807) is 23.6 Å². The summed E-state index contributed by atoms with van der Waals surface area (Å²) in [6.07, 6.45) is 0. The molecule has 1 heterocycles. The molecule has 0 radical (unpaired) electrons. The molecule has 0 spiro atoms. The van der Waals surface area contributed by atoms with Crippen LogP contribution >= 0.6 is 11.3 Å². The second kappa shape index (κ2) is 8.12. The maximum Gasteiger partial charge on any atom is 0.274 e. The van der Waals surface area contributed by atoms with Gasteiger partial charge in [-0.3, -0.25) is 9.10 Å². The van der Waals surface area contributed by atoms with Gasteiger partial charge in [-0.1, -0.05) is 24.3 Å². The summed E-state index contributed by atoms with van der Waals surface area (Å²) in [6.45, 7) is 3.25. The van der Waals surface area contributed by atoms with Crippen molar-refractivity contribution in [2.45, 2.75) is 18.1 Å². The molecular weight excluding hydrogens is 399 g/mol. The summed E-state index contributed by atoms with van der Waals surface area (Å²) >= 11 is 1.01. The Kier molecular flexibility index (Phi) is 5.81. The number of benzene rings is 2. The van der Waals surface area contributed by atoms with Crippen molar-refractivity contribution in [1.82, 2.24) is 0 Å². The molecule has 28 heavy (non-hydrogen) atoms. The lowest BCUT2D eigenvalue weighted by atomic mass is 10.1. The van der Waals surface area contributed by atoms with Gasteiger partial charge in [0.25, 0.3) is 10.0 Å². The highest BCUT2D eigenvalue weighted by atomic mass is 32.2. The van der Waals surface area contributed by atoms with Crippen LogP contribution in [0.15, 0.2) is 64.2 Å². The number of carbonyl (C=O) groups is 1. The van der Waals surface area contributed by atoms with E-state index in [1.807, 2.05) is 19.9 Å². The molecule has 0 saturated carbocycles. The number of aryl methyl sites for hydroxylation is 2. The average molecular weight is 419 g/mol. The number of amides is 1. The molecule has 0 saturated heterocycles. The SMILES string of the molecule is Cc1cc(C)cc(NC(=O)CN(c2ccccc2F)S(=O)(=O)c2cccs2)c1. The highest BCUT2D eigenvalue weighted by molar-refractivity contribution is 7.94. The third-order valence-electron chi connectivity index (χ3n) is 3.95. The van der Waals surface area contributed by atoms with Crippen molar-refractivity contribution >= 4 is 38.6 Å². The predicted octanol–water partition coefficient (Wildman–Crippen LogP) is 4.34. The lowest BCUT2D eigenvalue weighted by molar-refractivity contribution is -0.114. The van der Waals surface area contributed by atoms with Crippen LogP contribution in [0.25, 0.3) is 0 Å². The summed E-state index contributed by atoms with van der Waals surface area (Å²) in [4.78, 5) is 12.6. The first-order valence-electron chi connectivity index (χ1n) is 8.46. The molecule has 146 valence electrons. The molecule has 2 aromatic carbocycles. The Labute approximate surface area is 167 Å². The van der Waals surface area contributed by atoms with Crippen molar-refractivity contribution < 1.29 is 17.6 Å². The molecule has 1 N–H and O–H groups in total. The molecule has 8 heteroatoms. The van der Waals surface area contributed by atoms with Crippen molar-refractivity contribution in [3.63, 3.8) is 0 Å². The van der Waals surface area contributed by atoms with Crippen molar-refractivity contribution in [2.24, 2.45) is 0 Å². The molecule has 0 fully saturated rings. The van der Waals surface area contributed by atoms with Gasteiger partial charge in [0.05, 0.1) is 5.69 Å². The first-order chi connectivity index (χ1) is 13.3. The Hall–Kier alpha value is -2.71. The zero-order chi connectivity index (χ0) is 20.3. The minimum absolute atomic E-state index is 0.0370. The summed E-state index contributed by atoms with van der Waals surface area (Å²) < 4.78 is 41.3. The summed E-state index contributed by atoms with van der Waals surface area (Å²) in [5.74, 6) is -1.28. The molecule has 5 nitrogen and oxygen atoms in total. The topological polar surface area (TPSA) is 66.5 Å². The van der Waals surface area contributed by atoms with E-state index in [1.165, 1.54) is 24.3 Å². The van der Waals surface area contributed by atoms with E-state index in [0.717, 1.165) is 32.8 Å². The summed E-state index contributed by atoms with van der Waals surface area (Å²) in [6, 6.07) is 14.0. The fraction of sp³-hybridized carbons (Fsp3) is 0.150. The minimum Gasteiger partial charge on any atom is -0.324 e. The van der Waals surface area contributed by atoms with E-state index >= 15 is 0 Å². The molecule has 0 unspecified atom stereocenters. The zero-order valence-corrected chi connectivity index (χ0v) is 17.0. The molecule has 0 aliphatic rings. The number of anilines is 2. The van der Waals surface area contributed by atoms with Gasteiger partial charge in [0.15, 0.2) is 0 Å². The van der Waals surface area contributed by atoms with Crippen LogP contribution in [0.5, 0.6) is 0 Å². The van der Waals surface area contributed by atoms with Gasteiger partial charge in [0.2, 0.25) is 5.91 Å². The number of sulfonamides is 1. The monoisotopic (exact) mass is 418 g/mol. The minimum atomic E-state index is -4.09. The largest absolute Gasteiger partial charge is 0.324 e. The molecule has 0 atom stereocenters. The van der Waals surface area contributed by atoms with Gasteiger partial charge in [-0.15, -0.1) is 11.3 Å². The molecule has 3 aromatic rings. The highest BCUT2D eigenvalue weighted by Gasteiger charge is 2.29. The third-order valence-corrected chi connectivity index (χ3v) is 7.09. The van der Waals surface area contributed by atoms with Gasteiger partial charge < -0.3 is 5.32 Å². The normalized spacial score (nSPS) is 11.2. The van der Waals surface area contributed by atoms with Gasteiger partial charge in [-0.25, -0.2) is 12.8 Å². The number of nitrogens with one attached hydrogen (secondary N) is 1. The average Bonchev–Trinajstić information content (AvgIpc) is 3.15. The Morgan fingerprint density at radius 1 is 1.07 bits per heavy atom. The molecular formula is C20H19FN2O3S2. The van der Waals surface area contributed by atoms with Crippen molar-refractivity contribution in [3.8, 4) is 0 Å². The van der Waals surface area contributed by atoms with E-state index in [4.69, 9.17) is 0 Å². The standard InChI is InChI=1S/C20H19FN2O3S2/c1-14-10-15(2)12-16(11-14)22-19(24)13-23(18-7-4-3-6-17(18)21)28(25,26)20-8-5-9-27-20/h3-12H,13H2,1-2H3,(H,22,24). The summed E-state index contributed by atoms with van der Waals surface area (Å²) in [7, 11) is -4.09. The van der Waals surface area contributed by atoms with Crippen LogP contribution in [0, 0.1) is 19.7 Å². The van der Waals surface area contributed by atoms with Crippen LogP contribution in [0.4, 0.5) is 15.8 Å². The fourth-order valence-electron chi connectivity index (χ4n) is 2.85. The second-order valence-electron chi connectivity index (χ2n) is 6.32. The Morgan fingerprint density at radius 2 is 1.75 bits per heavy atom. The number of halogens is 1. The first-order valence-corrected chi connectivity index (χ1v) is 10.8. The number of hydrogen-bond acceptors (Lipinski definition) is 4. The van der Waals surface area contributed by atoms with Gasteiger partial charge >= 0.3 is 0 Å². The molecule has 1 amide bonds. The highest BCUT2D eigenvalue weighted by Crippen LogP contribution is 2.28. The van der Waals surface area contributed by atoms with Gasteiger partial charge in [-0.2, -0.15) is 0 Å². The maximum absolute atomic E-state index is 14.4. The van der Waals surface area contributed by atoms with Crippen molar-refractivity contribution in [3.05, 3.63) is 76.9 Å². The number of thiophene rings is 1. The van der Waals surface area contributed by atoms with E-state index in [0.29, 0.717) is 5.69 Å². The molecule has 3 rings (SSSR count). The van der Waals surface area contributed by atoms with Crippen molar-refractivity contribution in [2.75, 3.05) is 16.2 Å². The van der Waals surface area contributed by atoms with Crippen LogP contribution in [0.3, 0.4) is 0 Å². The fourth-order valence-corrected chi connectivity index (χ4v) is 5.38.